The van der Waals surface area contributed by atoms with Gasteiger partial charge in [0.2, 0.25) is 0 Å². The summed E-state index contributed by atoms with van der Waals surface area (Å²) in [4.78, 5) is 25.8. The lowest BCUT2D eigenvalue weighted by Crippen LogP contribution is -2.40. The fourth-order valence-electron chi connectivity index (χ4n) is 2.13. The van der Waals surface area contributed by atoms with Crippen molar-refractivity contribution in [3.8, 4) is 0 Å². The molecule has 0 radical (unpaired) electrons. The Bertz CT molecular complexity index is 670. The smallest absolute Gasteiger partial charge is 0.289 e. The summed E-state index contributed by atoms with van der Waals surface area (Å²) in [6, 6.07) is 8.17. The van der Waals surface area contributed by atoms with E-state index < -0.39 is 0 Å². The number of amides is 1. The van der Waals surface area contributed by atoms with Crippen LogP contribution in [0.1, 0.15) is 10.6 Å². The number of carbonyl (C=O) groups excluding carboxylic acids is 1. The molecule has 98 valence electrons. The number of para-hydroxylation sites is 1. The molecule has 5 nitrogen and oxygen atoms in total. The van der Waals surface area contributed by atoms with Crippen LogP contribution in [0.4, 0.5) is 0 Å². The van der Waals surface area contributed by atoms with Crippen molar-refractivity contribution in [3.05, 3.63) is 46.3 Å². The third-order valence-corrected chi connectivity index (χ3v) is 3.14. The average Bonchev–Trinajstić information content (AvgIpc) is 2.47. The lowest BCUT2D eigenvalue weighted by Gasteiger charge is -2.26. The van der Waals surface area contributed by atoms with Crippen LogP contribution in [-0.4, -0.2) is 37.1 Å². The summed E-state index contributed by atoms with van der Waals surface area (Å²) in [6.07, 6.45) is 0. The zero-order valence-electron chi connectivity index (χ0n) is 10.3. The minimum Gasteiger partial charge on any atom is -0.451 e. The molecule has 0 spiro atoms. The molecule has 1 saturated heterocycles. The minimum absolute atomic E-state index is 0.0885. The van der Waals surface area contributed by atoms with Gasteiger partial charge in [0.15, 0.2) is 11.2 Å². The first kappa shape index (κ1) is 11.9. The van der Waals surface area contributed by atoms with Gasteiger partial charge in [-0.15, -0.1) is 0 Å². The summed E-state index contributed by atoms with van der Waals surface area (Å²) < 4.78 is 10.7. The first-order chi connectivity index (χ1) is 9.25. The molecule has 1 aromatic heterocycles. The van der Waals surface area contributed by atoms with Crippen molar-refractivity contribution in [1.82, 2.24) is 4.90 Å². The number of nitrogens with zero attached hydrogens (tertiary/aromatic N) is 1. The van der Waals surface area contributed by atoms with Crippen LogP contribution >= 0.6 is 0 Å². The molecule has 5 heteroatoms. The van der Waals surface area contributed by atoms with E-state index in [2.05, 4.69) is 0 Å². The SMILES string of the molecule is O=C(c1cc(=O)c2ccccc2o1)N1CCOCC1. The highest BCUT2D eigenvalue weighted by Gasteiger charge is 2.21. The Morgan fingerprint density at radius 3 is 2.68 bits per heavy atom. The van der Waals surface area contributed by atoms with Gasteiger partial charge < -0.3 is 14.1 Å². The van der Waals surface area contributed by atoms with Gasteiger partial charge >= 0.3 is 0 Å². The predicted molar refractivity (Wildman–Crippen MR) is 69.2 cm³/mol. The maximum Gasteiger partial charge on any atom is 0.289 e. The molecule has 0 bridgehead atoms. The van der Waals surface area contributed by atoms with Gasteiger partial charge in [0.05, 0.1) is 18.6 Å². The van der Waals surface area contributed by atoms with Crippen LogP contribution in [0.25, 0.3) is 11.0 Å². The molecule has 1 fully saturated rings. The zero-order valence-corrected chi connectivity index (χ0v) is 10.3. The van der Waals surface area contributed by atoms with Gasteiger partial charge in [-0.1, -0.05) is 12.1 Å². The Morgan fingerprint density at radius 2 is 1.89 bits per heavy atom. The number of benzene rings is 1. The quantitative estimate of drug-likeness (QED) is 0.773. The first-order valence-electron chi connectivity index (χ1n) is 6.15. The molecule has 1 aliphatic heterocycles. The molecule has 3 rings (SSSR count). The lowest BCUT2D eigenvalue weighted by molar-refractivity contribution is 0.0283. The third kappa shape index (κ3) is 2.24. The van der Waals surface area contributed by atoms with Crippen molar-refractivity contribution in [2.75, 3.05) is 26.3 Å². The largest absolute Gasteiger partial charge is 0.451 e. The Morgan fingerprint density at radius 1 is 1.16 bits per heavy atom. The van der Waals surface area contributed by atoms with E-state index >= 15 is 0 Å². The van der Waals surface area contributed by atoms with E-state index in [-0.39, 0.29) is 17.1 Å². The Kier molecular flexibility index (Phi) is 3.05. The van der Waals surface area contributed by atoms with E-state index in [0.29, 0.717) is 37.3 Å². The first-order valence-corrected chi connectivity index (χ1v) is 6.15. The number of morpholine rings is 1. The third-order valence-electron chi connectivity index (χ3n) is 3.14. The molecule has 0 atom stereocenters. The maximum atomic E-state index is 12.2. The highest BCUT2D eigenvalue weighted by Crippen LogP contribution is 2.13. The topological polar surface area (TPSA) is 59.8 Å². The molecule has 2 heterocycles. The highest BCUT2D eigenvalue weighted by molar-refractivity contribution is 5.93. The van der Waals surface area contributed by atoms with Crippen LogP contribution in [0.3, 0.4) is 0 Å². The van der Waals surface area contributed by atoms with Gasteiger partial charge in [0, 0.05) is 19.2 Å². The van der Waals surface area contributed by atoms with Crippen molar-refractivity contribution in [1.29, 1.82) is 0 Å². The second-order valence-electron chi connectivity index (χ2n) is 4.38. The van der Waals surface area contributed by atoms with Gasteiger partial charge in [-0.25, -0.2) is 0 Å². The summed E-state index contributed by atoms with van der Waals surface area (Å²) in [5.41, 5.74) is 0.241. The number of ether oxygens (including phenoxy) is 1. The van der Waals surface area contributed by atoms with E-state index in [0.717, 1.165) is 0 Å². The van der Waals surface area contributed by atoms with Crippen LogP contribution in [0.15, 0.2) is 39.5 Å². The molecule has 1 aromatic carbocycles. The van der Waals surface area contributed by atoms with Gasteiger partial charge in [-0.05, 0) is 12.1 Å². The number of carbonyl (C=O) groups is 1. The number of hydrogen-bond donors (Lipinski definition) is 0. The number of fused-ring (bicyclic) bond motifs is 1. The van der Waals surface area contributed by atoms with Gasteiger partial charge in [0.1, 0.15) is 5.58 Å². The minimum atomic E-state index is -0.258. The molecule has 0 N–H and O–H groups in total. The van der Waals surface area contributed by atoms with Crippen LogP contribution in [0.2, 0.25) is 0 Å². The standard InChI is InChI=1S/C14H13NO4/c16-11-9-13(14(17)15-5-7-18-8-6-15)19-12-4-2-1-3-10(11)12/h1-4,9H,5-8H2. The monoisotopic (exact) mass is 259 g/mol. The van der Waals surface area contributed by atoms with Crippen molar-refractivity contribution in [3.63, 3.8) is 0 Å². The Balaban J connectivity index is 2.00. The number of rotatable bonds is 1. The summed E-state index contributed by atoms with van der Waals surface area (Å²) in [6.45, 7) is 2.08. The molecule has 0 unspecified atom stereocenters. The van der Waals surface area contributed by atoms with E-state index in [1.807, 2.05) is 0 Å². The fraction of sp³-hybridized carbons (Fsp3) is 0.286. The molecule has 0 aliphatic carbocycles. The van der Waals surface area contributed by atoms with E-state index in [1.165, 1.54) is 6.07 Å². The highest BCUT2D eigenvalue weighted by atomic mass is 16.5. The second-order valence-corrected chi connectivity index (χ2v) is 4.38. The predicted octanol–water partition coefficient (Wildman–Crippen LogP) is 1.27. The van der Waals surface area contributed by atoms with E-state index in [9.17, 15) is 9.59 Å². The van der Waals surface area contributed by atoms with Crippen molar-refractivity contribution in [2.24, 2.45) is 0 Å². The lowest BCUT2D eigenvalue weighted by atomic mass is 10.2. The molecular weight excluding hydrogens is 246 g/mol. The van der Waals surface area contributed by atoms with Crippen molar-refractivity contribution in [2.45, 2.75) is 0 Å². The summed E-state index contributed by atoms with van der Waals surface area (Å²) >= 11 is 0. The van der Waals surface area contributed by atoms with Crippen LogP contribution in [-0.2, 0) is 4.74 Å². The molecule has 2 aromatic rings. The maximum absolute atomic E-state index is 12.2. The van der Waals surface area contributed by atoms with Gasteiger partial charge in [-0.3, -0.25) is 9.59 Å². The Hall–Kier alpha value is -2.14. The van der Waals surface area contributed by atoms with Gasteiger partial charge in [-0.2, -0.15) is 0 Å². The van der Waals surface area contributed by atoms with Crippen molar-refractivity contribution >= 4 is 16.9 Å². The second kappa shape index (κ2) is 4.85. The van der Waals surface area contributed by atoms with Gasteiger partial charge in [0.25, 0.3) is 5.91 Å². The Labute approximate surface area is 109 Å². The molecule has 19 heavy (non-hydrogen) atoms. The van der Waals surface area contributed by atoms with E-state index in [4.69, 9.17) is 9.15 Å². The molecular formula is C14H13NO4. The molecule has 1 aliphatic rings. The van der Waals surface area contributed by atoms with Crippen molar-refractivity contribution < 1.29 is 13.9 Å². The number of hydrogen-bond acceptors (Lipinski definition) is 4. The fourth-order valence-corrected chi connectivity index (χ4v) is 2.13. The van der Waals surface area contributed by atoms with Crippen LogP contribution < -0.4 is 5.43 Å². The van der Waals surface area contributed by atoms with Crippen LogP contribution in [0.5, 0.6) is 0 Å². The zero-order chi connectivity index (χ0) is 13.2. The normalized spacial score (nSPS) is 15.7. The van der Waals surface area contributed by atoms with E-state index in [1.54, 1.807) is 29.2 Å². The average molecular weight is 259 g/mol. The van der Waals surface area contributed by atoms with Crippen LogP contribution in [0, 0.1) is 0 Å². The molecule has 0 saturated carbocycles. The summed E-state index contributed by atoms with van der Waals surface area (Å²) in [5, 5.41) is 0.487. The summed E-state index contributed by atoms with van der Waals surface area (Å²) in [7, 11) is 0. The summed E-state index contributed by atoms with van der Waals surface area (Å²) in [5.74, 6) is -0.170. The molecule has 1 amide bonds.